The number of rotatable bonds is 2. The molecule has 0 amide bonds. The van der Waals surface area contributed by atoms with Crippen LogP contribution in [0.5, 0.6) is 28.7 Å². The maximum Gasteiger partial charge on any atom is 0.203 e. The standard InChI is InChI=1S/C17H14O7/c1-6-4-8(18)11-12(13(6)20)14(21)7-5-9(19)16(23-2)17(24-3)10(7)15(11)22/h4-5,18-20H,1-3H3. The fraction of sp³-hybridized carbons (Fsp3) is 0.176. The Kier molecular flexibility index (Phi) is 3.37. The van der Waals surface area contributed by atoms with Gasteiger partial charge in [-0.15, -0.1) is 0 Å². The van der Waals surface area contributed by atoms with Crippen LogP contribution in [0, 0.1) is 6.92 Å². The molecule has 0 bridgehead atoms. The molecule has 0 aliphatic heterocycles. The molecule has 2 aromatic carbocycles. The Morgan fingerprint density at radius 3 is 2.00 bits per heavy atom. The molecule has 0 saturated carbocycles. The minimum Gasteiger partial charge on any atom is -0.507 e. The molecule has 3 N–H and O–H groups in total. The van der Waals surface area contributed by atoms with Crippen LogP contribution in [0.2, 0.25) is 0 Å². The van der Waals surface area contributed by atoms with Crippen molar-refractivity contribution in [1.29, 1.82) is 0 Å². The number of hydrogen-bond acceptors (Lipinski definition) is 7. The number of ether oxygens (including phenoxy) is 2. The summed E-state index contributed by atoms with van der Waals surface area (Å²) in [6.07, 6.45) is 0. The summed E-state index contributed by atoms with van der Waals surface area (Å²) in [5, 5.41) is 30.3. The van der Waals surface area contributed by atoms with Crippen molar-refractivity contribution < 1.29 is 34.4 Å². The summed E-state index contributed by atoms with van der Waals surface area (Å²) in [5.74, 6) is -2.81. The van der Waals surface area contributed by atoms with Gasteiger partial charge in [-0.2, -0.15) is 0 Å². The van der Waals surface area contributed by atoms with Crippen molar-refractivity contribution in [2.45, 2.75) is 6.92 Å². The van der Waals surface area contributed by atoms with Crippen LogP contribution in [0.1, 0.15) is 37.4 Å². The molecule has 0 fully saturated rings. The van der Waals surface area contributed by atoms with Gasteiger partial charge >= 0.3 is 0 Å². The smallest absolute Gasteiger partial charge is 0.203 e. The van der Waals surface area contributed by atoms with Gasteiger partial charge in [-0.25, -0.2) is 0 Å². The van der Waals surface area contributed by atoms with Gasteiger partial charge in [0.1, 0.15) is 11.5 Å². The van der Waals surface area contributed by atoms with Crippen molar-refractivity contribution in [2.75, 3.05) is 14.2 Å². The fourth-order valence-electron chi connectivity index (χ4n) is 2.92. The number of phenols is 3. The Bertz CT molecular complexity index is 912. The van der Waals surface area contributed by atoms with E-state index in [0.717, 1.165) is 6.07 Å². The summed E-state index contributed by atoms with van der Waals surface area (Å²) >= 11 is 0. The molecule has 0 radical (unpaired) electrons. The Balaban J connectivity index is 2.44. The van der Waals surface area contributed by atoms with Crippen LogP contribution < -0.4 is 9.47 Å². The number of aromatic hydroxyl groups is 3. The molecular weight excluding hydrogens is 316 g/mol. The van der Waals surface area contributed by atoms with E-state index in [0.29, 0.717) is 0 Å². The normalized spacial score (nSPS) is 12.6. The second-order valence-electron chi connectivity index (χ2n) is 5.35. The van der Waals surface area contributed by atoms with Crippen molar-refractivity contribution in [2.24, 2.45) is 0 Å². The molecule has 1 aliphatic carbocycles. The summed E-state index contributed by atoms with van der Waals surface area (Å²) in [7, 11) is 2.54. The van der Waals surface area contributed by atoms with Crippen molar-refractivity contribution in [1.82, 2.24) is 0 Å². The molecule has 0 spiro atoms. The van der Waals surface area contributed by atoms with E-state index in [-0.39, 0.29) is 50.8 Å². The first kappa shape index (κ1) is 15.7. The summed E-state index contributed by atoms with van der Waals surface area (Å²) in [6, 6.07) is 2.28. The zero-order valence-corrected chi connectivity index (χ0v) is 13.1. The fourth-order valence-corrected chi connectivity index (χ4v) is 2.92. The summed E-state index contributed by atoms with van der Waals surface area (Å²) < 4.78 is 10.2. The molecule has 2 aromatic rings. The molecular formula is C17H14O7. The topological polar surface area (TPSA) is 113 Å². The Morgan fingerprint density at radius 2 is 1.42 bits per heavy atom. The van der Waals surface area contributed by atoms with E-state index in [2.05, 4.69) is 0 Å². The highest BCUT2D eigenvalue weighted by atomic mass is 16.5. The summed E-state index contributed by atoms with van der Waals surface area (Å²) in [5.41, 5.74) is -0.620. The predicted octanol–water partition coefficient (Wildman–Crippen LogP) is 1.90. The molecule has 0 aromatic heterocycles. The number of carbonyl (C=O) groups excluding carboxylic acids is 2. The number of aryl methyl sites for hydroxylation is 1. The summed E-state index contributed by atoms with van der Waals surface area (Å²) in [4.78, 5) is 25.6. The Hall–Kier alpha value is -3.22. The average Bonchev–Trinajstić information content (AvgIpc) is 2.54. The lowest BCUT2D eigenvalue weighted by Crippen LogP contribution is -2.22. The first-order valence-corrected chi connectivity index (χ1v) is 6.96. The lowest BCUT2D eigenvalue weighted by molar-refractivity contribution is 0.0970. The zero-order valence-electron chi connectivity index (χ0n) is 13.1. The maximum atomic E-state index is 12.9. The minimum atomic E-state index is -0.706. The molecule has 3 rings (SSSR count). The van der Waals surface area contributed by atoms with Gasteiger partial charge < -0.3 is 24.8 Å². The van der Waals surface area contributed by atoms with Crippen molar-refractivity contribution in [3.05, 3.63) is 39.9 Å². The van der Waals surface area contributed by atoms with Crippen LogP contribution >= 0.6 is 0 Å². The highest BCUT2D eigenvalue weighted by molar-refractivity contribution is 6.31. The van der Waals surface area contributed by atoms with Gasteiger partial charge in [-0.3, -0.25) is 9.59 Å². The molecule has 7 heteroatoms. The van der Waals surface area contributed by atoms with Gasteiger partial charge in [0.15, 0.2) is 17.3 Å². The van der Waals surface area contributed by atoms with Gasteiger partial charge in [-0.05, 0) is 24.6 Å². The van der Waals surface area contributed by atoms with Gasteiger partial charge in [0, 0.05) is 5.56 Å². The number of carbonyl (C=O) groups is 2. The minimum absolute atomic E-state index is 0.100. The number of ketones is 2. The van der Waals surface area contributed by atoms with E-state index in [9.17, 15) is 24.9 Å². The molecule has 7 nitrogen and oxygen atoms in total. The van der Waals surface area contributed by atoms with Gasteiger partial charge in [-0.1, -0.05) is 0 Å². The summed E-state index contributed by atoms with van der Waals surface area (Å²) in [6.45, 7) is 1.49. The van der Waals surface area contributed by atoms with E-state index in [1.807, 2.05) is 0 Å². The van der Waals surface area contributed by atoms with E-state index < -0.39 is 17.3 Å². The van der Waals surface area contributed by atoms with Crippen LogP contribution in [0.25, 0.3) is 0 Å². The monoisotopic (exact) mass is 330 g/mol. The second kappa shape index (κ2) is 5.16. The quantitative estimate of drug-likeness (QED) is 0.615. The van der Waals surface area contributed by atoms with E-state index in [1.165, 1.54) is 27.2 Å². The lowest BCUT2D eigenvalue weighted by atomic mass is 9.81. The van der Waals surface area contributed by atoms with Gasteiger partial charge in [0.25, 0.3) is 0 Å². The number of methoxy groups -OCH3 is 2. The zero-order chi connectivity index (χ0) is 17.8. The highest BCUT2D eigenvalue weighted by Gasteiger charge is 2.39. The van der Waals surface area contributed by atoms with Gasteiger partial charge in [0.2, 0.25) is 11.5 Å². The highest BCUT2D eigenvalue weighted by Crippen LogP contribution is 2.47. The average molecular weight is 330 g/mol. The number of phenolic OH excluding ortho intramolecular Hbond substituents is 3. The molecule has 124 valence electrons. The number of benzene rings is 2. The first-order valence-electron chi connectivity index (χ1n) is 6.96. The molecule has 0 atom stereocenters. The number of hydrogen-bond donors (Lipinski definition) is 3. The molecule has 0 saturated heterocycles. The maximum absolute atomic E-state index is 12.9. The van der Waals surface area contributed by atoms with Crippen molar-refractivity contribution in [3.63, 3.8) is 0 Å². The molecule has 24 heavy (non-hydrogen) atoms. The van der Waals surface area contributed by atoms with E-state index >= 15 is 0 Å². The van der Waals surface area contributed by atoms with Crippen LogP contribution in [-0.2, 0) is 0 Å². The van der Waals surface area contributed by atoms with E-state index in [4.69, 9.17) is 9.47 Å². The molecule has 0 heterocycles. The number of fused-ring (bicyclic) bond motifs is 2. The molecule has 0 unspecified atom stereocenters. The van der Waals surface area contributed by atoms with Crippen LogP contribution in [0.3, 0.4) is 0 Å². The predicted molar refractivity (Wildman–Crippen MR) is 82.6 cm³/mol. The molecule has 1 aliphatic rings. The largest absolute Gasteiger partial charge is 0.507 e. The van der Waals surface area contributed by atoms with Crippen LogP contribution in [0.15, 0.2) is 12.1 Å². The van der Waals surface area contributed by atoms with Gasteiger partial charge in [0.05, 0.1) is 30.9 Å². The van der Waals surface area contributed by atoms with Crippen LogP contribution in [0.4, 0.5) is 0 Å². The van der Waals surface area contributed by atoms with Crippen LogP contribution in [-0.4, -0.2) is 41.1 Å². The third-order valence-electron chi connectivity index (χ3n) is 4.02. The lowest BCUT2D eigenvalue weighted by Gasteiger charge is -2.23. The third kappa shape index (κ3) is 1.84. The second-order valence-corrected chi connectivity index (χ2v) is 5.35. The van der Waals surface area contributed by atoms with Crippen molar-refractivity contribution in [3.8, 4) is 28.7 Å². The first-order chi connectivity index (χ1) is 11.3. The SMILES string of the molecule is COc1c(O)cc2c(c1OC)C(=O)c1c(O)cc(C)c(O)c1C2=O. The van der Waals surface area contributed by atoms with E-state index in [1.54, 1.807) is 0 Å². The Labute approximate surface area is 136 Å². The third-order valence-corrected chi connectivity index (χ3v) is 4.02. The van der Waals surface area contributed by atoms with Crippen molar-refractivity contribution >= 4 is 11.6 Å². The Morgan fingerprint density at radius 1 is 0.792 bits per heavy atom.